The zero-order chi connectivity index (χ0) is 14.2. The number of amides is 1. The van der Waals surface area contributed by atoms with Gasteiger partial charge in [0.25, 0.3) is 15.9 Å². The Kier molecular flexibility index (Phi) is 3.66. The number of likely N-dealkylation sites (tertiary alicyclic amines) is 1. The number of carbonyl (C=O) groups is 1. The predicted molar refractivity (Wildman–Crippen MR) is 66.1 cm³/mol. The molecule has 0 aromatic carbocycles. The van der Waals surface area contributed by atoms with Crippen LogP contribution in [0.2, 0.25) is 0 Å². The average Bonchev–Trinajstić information content (AvgIpc) is 2.76. The summed E-state index contributed by atoms with van der Waals surface area (Å²) in [6.45, 7) is 0.972. The van der Waals surface area contributed by atoms with Crippen LogP contribution < -0.4 is 0 Å². The number of aliphatic hydroxyl groups is 1. The van der Waals surface area contributed by atoms with Crippen LogP contribution in [-0.2, 0) is 10.0 Å². The van der Waals surface area contributed by atoms with Gasteiger partial charge in [-0.2, -0.15) is 0 Å². The quantitative estimate of drug-likeness (QED) is 0.813. The highest BCUT2D eigenvalue weighted by molar-refractivity contribution is 7.88. The number of carbonyl (C=O) groups excluding carboxylic acids is 1. The molecule has 2 rings (SSSR count). The highest BCUT2D eigenvalue weighted by Crippen LogP contribution is 2.22. The van der Waals surface area contributed by atoms with Crippen LogP contribution in [0, 0.1) is 5.92 Å². The van der Waals surface area contributed by atoms with Gasteiger partial charge in [-0.1, -0.05) is 0 Å². The first-order valence-electron chi connectivity index (χ1n) is 5.78. The van der Waals surface area contributed by atoms with Crippen LogP contribution in [0.3, 0.4) is 0 Å². The van der Waals surface area contributed by atoms with Crippen molar-refractivity contribution in [3.63, 3.8) is 0 Å². The van der Waals surface area contributed by atoms with Crippen molar-refractivity contribution >= 4 is 15.9 Å². The first-order chi connectivity index (χ1) is 8.86. The Bertz CT molecular complexity index is 572. The Morgan fingerprint density at radius 2 is 2.11 bits per heavy atom. The molecular formula is C11H16N2O5S. The van der Waals surface area contributed by atoms with E-state index in [0.29, 0.717) is 13.1 Å². The monoisotopic (exact) mass is 288 g/mol. The van der Waals surface area contributed by atoms with E-state index in [1.165, 1.54) is 31.1 Å². The van der Waals surface area contributed by atoms with Crippen molar-refractivity contribution in [3.05, 3.63) is 17.9 Å². The number of aliphatic hydroxyl groups excluding tert-OH is 1. The molecule has 19 heavy (non-hydrogen) atoms. The summed E-state index contributed by atoms with van der Waals surface area (Å²) in [7, 11) is -0.884. The summed E-state index contributed by atoms with van der Waals surface area (Å²) in [6.07, 6.45) is 0. The maximum atomic E-state index is 11.9. The molecule has 0 saturated carbocycles. The van der Waals surface area contributed by atoms with Crippen molar-refractivity contribution in [2.24, 2.45) is 5.92 Å². The molecule has 7 nitrogen and oxygen atoms in total. The average molecular weight is 288 g/mol. The lowest BCUT2D eigenvalue weighted by atomic mass is 10.0. The molecule has 1 aliphatic rings. The summed E-state index contributed by atoms with van der Waals surface area (Å²) >= 11 is 0. The molecule has 1 aliphatic heterocycles. The molecule has 1 aromatic rings. The van der Waals surface area contributed by atoms with Gasteiger partial charge < -0.3 is 14.4 Å². The Morgan fingerprint density at radius 3 is 2.63 bits per heavy atom. The number of rotatable bonds is 4. The molecule has 1 amide bonds. The molecule has 1 saturated heterocycles. The number of nitrogens with zero attached hydrogens (tertiary/aromatic N) is 2. The van der Waals surface area contributed by atoms with E-state index < -0.39 is 10.0 Å². The van der Waals surface area contributed by atoms with Gasteiger partial charge in [0.2, 0.25) is 5.09 Å². The predicted octanol–water partition coefficient (Wildman–Crippen LogP) is -0.406. The van der Waals surface area contributed by atoms with Crippen molar-refractivity contribution in [1.82, 2.24) is 9.21 Å². The third-order valence-electron chi connectivity index (χ3n) is 3.03. The zero-order valence-electron chi connectivity index (χ0n) is 10.7. The van der Waals surface area contributed by atoms with Crippen LogP contribution in [0.15, 0.2) is 21.6 Å². The molecule has 2 heterocycles. The lowest BCUT2D eigenvalue weighted by Crippen LogP contribution is -2.51. The van der Waals surface area contributed by atoms with Gasteiger partial charge >= 0.3 is 0 Å². The summed E-state index contributed by atoms with van der Waals surface area (Å²) in [5.74, 6) is -0.259. The summed E-state index contributed by atoms with van der Waals surface area (Å²) < 4.78 is 29.7. The molecule has 0 radical (unpaired) electrons. The molecule has 0 bridgehead atoms. The Labute approximate surface area is 111 Å². The fourth-order valence-corrected chi connectivity index (χ4v) is 2.56. The van der Waals surface area contributed by atoms with Crippen molar-refractivity contribution in [2.75, 3.05) is 33.8 Å². The van der Waals surface area contributed by atoms with Crippen LogP contribution in [0.25, 0.3) is 0 Å². The third kappa shape index (κ3) is 2.51. The number of sulfonamides is 1. The Balaban J connectivity index is 2.12. The molecule has 0 atom stereocenters. The van der Waals surface area contributed by atoms with Gasteiger partial charge in [0, 0.05) is 39.7 Å². The van der Waals surface area contributed by atoms with Crippen molar-refractivity contribution < 1.29 is 22.7 Å². The van der Waals surface area contributed by atoms with E-state index in [1.807, 2.05) is 0 Å². The van der Waals surface area contributed by atoms with Gasteiger partial charge in [-0.15, -0.1) is 0 Å². The molecule has 1 N–H and O–H groups in total. The molecule has 0 aliphatic carbocycles. The largest absolute Gasteiger partial charge is 0.438 e. The number of furan rings is 1. The van der Waals surface area contributed by atoms with Crippen LogP contribution in [0.4, 0.5) is 0 Å². The topological polar surface area (TPSA) is 91.1 Å². The minimum atomic E-state index is -3.66. The second-order valence-electron chi connectivity index (χ2n) is 4.66. The van der Waals surface area contributed by atoms with Gasteiger partial charge in [0.15, 0.2) is 5.76 Å². The van der Waals surface area contributed by atoms with E-state index >= 15 is 0 Å². The Morgan fingerprint density at radius 1 is 1.47 bits per heavy atom. The zero-order valence-corrected chi connectivity index (χ0v) is 11.6. The second kappa shape index (κ2) is 4.95. The van der Waals surface area contributed by atoms with Crippen LogP contribution in [0.1, 0.15) is 10.6 Å². The van der Waals surface area contributed by atoms with E-state index in [1.54, 1.807) is 0 Å². The van der Waals surface area contributed by atoms with Crippen molar-refractivity contribution in [1.29, 1.82) is 0 Å². The fourth-order valence-electron chi connectivity index (χ4n) is 1.76. The normalized spacial score (nSPS) is 16.7. The molecule has 8 heteroatoms. The first kappa shape index (κ1) is 14.0. The standard InChI is InChI=1S/C11H16N2O5S/c1-12(2)19(16,17)10-4-3-9(18-10)11(15)13-5-8(6-13)7-14/h3-4,8,14H,5-7H2,1-2H3. The Hall–Kier alpha value is -1.38. The van der Waals surface area contributed by atoms with E-state index in [4.69, 9.17) is 9.52 Å². The molecular weight excluding hydrogens is 272 g/mol. The summed E-state index contributed by atoms with van der Waals surface area (Å²) in [5, 5.41) is 8.63. The van der Waals surface area contributed by atoms with Crippen LogP contribution in [-0.4, -0.2) is 62.4 Å². The smallest absolute Gasteiger partial charge is 0.289 e. The summed E-state index contributed by atoms with van der Waals surface area (Å²) in [6, 6.07) is 2.62. The first-order valence-corrected chi connectivity index (χ1v) is 7.22. The van der Waals surface area contributed by atoms with E-state index in [2.05, 4.69) is 0 Å². The maximum absolute atomic E-state index is 11.9. The minimum absolute atomic E-state index is 0.00295. The number of hydrogen-bond acceptors (Lipinski definition) is 5. The SMILES string of the molecule is CN(C)S(=O)(=O)c1ccc(C(=O)N2CC(CO)C2)o1. The number of hydrogen-bond donors (Lipinski definition) is 1. The highest BCUT2D eigenvalue weighted by Gasteiger charge is 2.33. The molecule has 0 spiro atoms. The van der Waals surface area contributed by atoms with E-state index in [-0.39, 0.29) is 29.3 Å². The van der Waals surface area contributed by atoms with Crippen LogP contribution in [0.5, 0.6) is 0 Å². The summed E-state index contributed by atoms with van der Waals surface area (Å²) in [4.78, 5) is 13.4. The highest BCUT2D eigenvalue weighted by atomic mass is 32.2. The van der Waals surface area contributed by atoms with Crippen LogP contribution >= 0.6 is 0 Å². The van der Waals surface area contributed by atoms with Gasteiger partial charge in [-0.25, -0.2) is 12.7 Å². The lowest BCUT2D eigenvalue weighted by molar-refractivity contribution is 0.0329. The molecule has 0 unspecified atom stereocenters. The van der Waals surface area contributed by atoms with Gasteiger partial charge in [-0.3, -0.25) is 4.79 Å². The van der Waals surface area contributed by atoms with Crippen molar-refractivity contribution in [2.45, 2.75) is 5.09 Å². The van der Waals surface area contributed by atoms with Gasteiger partial charge in [0.1, 0.15) is 0 Å². The second-order valence-corrected chi connectivity index (χ2v) is 6.75. The van der Waals surface area contributed by atoms with Crippen molar-refractivity contribution in [3.8, 4) is 0 Å². The third-order valence-corrected chi connectivity index (χ3v) is 4.72. The minimum Gasteiger partial charge on any atom is -0.438 e. The maximum Gasteiger partial charge on any atom is 0.289 e. The lowest BCUT2D eigenvalue weighted by Gasteiger charge is -2.37. The van der Waals surface area contributed by atoms with E-state index in [0.717, 1.165) is 4.31 Å². The molecule has 1 aromatic heterocycles. The van der Waals surface area contributed by atoms with Gasteiger partial charge in [-0.05, 0) is 12.1 Å². The fraction of sp³-hybridized carbons (Fsp3) is 0.545. The molecule has 1 fully saturated rings. The van der Waals surface area contributed by atoms with Gasteiger partial charge in [0.05, 0.1) is 0 Å². The summed E-state index contributed by atoms with van der Waals surface area (Å²) in [5.41, 5.74) is 0. The van der Waals surface area contributed by atoms with E-state index in [9.17, 15) is 13.2 Å². The molecule has 106 valence electrons.